The Hall–Kier alpha value is -0.710. The fourth-order valence-corrected chi connectivity index (χ4v) is 4.84. The quantitative estimate of drug-likeness (QED) is 0.315. The van der Waals surface area contributed by atoms with E-state index >= 15 is 0 Å². The fourth-order valence-electron chi connectivity index (χ4n) is 3.83. The van der Waals surface area contributed by atoms with Gasteiger partial charge in [0.05, 0.1) is 19.8 Å². The van der Waals surface area contributed by atoms with Gasteiger partial charge in [0.25, 0.3) is 0 Å². The van der Waals surface area contributed by atoms with Gasteiger partial charge in [-0.25, -0.2) is 0 Å². The SMILES string of the molecule is CCNC(=NCCS(=O)Cc1ccccc1)N1CCC(CN2CCOCC2)C1.I. The number of rotatable bonds is 8. The number of halogens is 1. The van der Waals surface area contributed by atoms with Gasteiger partial charge in [0, 0.05) is 61.6 Å². The van der Waals surface area contributed by atoms with Crippen LogP contribution in [0, 0.1) is 5.92 Å². The summed E-state index contributed by atoms with van der Waals surface area (Å²) in [6, 6.07) is 10.0. The first-order valence-corrected chi connectivity index (χ1v) is 12.0. The molecule has 0 bridgehead atoms. The van der Waals surface area contributed by atoms with Gasteiger partial charge in [0.15, 0.2) is 5.96 Å². The summed E-state index contributed by atoms with van der Waals surface area (Å²) in [5.41, 5.74) is 1.13. The molecule has 0 spiro atoms. The van der Waals surface area contributed by atoms with Gasteiger partial charge in [-0.2, -0.15) is 0 Å². The Morgan fingerprint density at radius 3 is 2.72 bits per heavy atom. The molecule has 1 N–H and O–H groups in total. The van der Waals surface area contributed by atoms with E-state index in [-0.39, 0.29) is 24.0 Å². The molecule has 0 radical (unpaired) electrons. The molecule has 2 heterocycles. The van der Waals surface area contributed by atoms with Crippen molar-refractivity contribution < 1.29 is 8.95 Å². The van der Waals surface area contributed by atoms with E-state index in [0.717, 1.165) is 64.0 Å². The van der Waals surface area contributed by atoms with Crippen LogP contribution in [-0.4, -0.2) is 84.7 Å². The first kappa shape index (κ1) is 24.6. The number of hydrogen-bond acceptors (Lipinski definition) is 4. The molecule has 0 aromatic heterocycles. The van der Waals surface area contributed by atoms with Crippen molar-refractivity contribution in [1.29, 1.82) is 0 Å². The second-order valence-electron chi connectivity index (χ2n) is 7.52. The van der Waals surface area contributed by atoms with Crippen LogP contribution in [0.1, 0.15) is 18.9 Å². The zero-order valence-corrected chi connectivity index (χ0v) is 20.6. The summed E-state index contributed by atoms with van der Waals surface area (Å²) < 4.78 is 17.8. The predicted octanol–water partition coefficient (Wildman–Crippen LogP) is 2.17. The molecule has 29 heavy (non-hydrogen) atoms. The maximum absolute atomic E-state index is 12.3. The zero-order valence-electron chi connectivity index (χ0n) is 17.4. The number of aliphatic imine (C=N–C) groups is 1. The molecule has 6 nitrogen and oxygen atoms in total. The number of ether oxygens (including phenoxy) is 1. The molecule has 0 aliphatic carbocycles. The van der Waals surface area contributed by atoms with Crippen LogP contribution in [-0.2, 0) is 21.3 Å². The Labute approximate surface area is 194 Å². The van der Waals surface area contributed by atoms with Crippen molar-refractivity contribution >= 4 is 40.7 Å². The van der Waals surface area contributed by atoms with Gasteiger partial charge in [-0.3, -0.25) is 14.1 Å². The van der Waals surface area contributed by atoms with Gasteiger partial charge in [-0.1, -0.05) is 30.3 Å². The number of likely N-dealkylation sites (tertiary alicyclic amines) is 1. The summed E-state index contributed by atoms with van der Waals surface area (Å²) in [7, 11) is -0.877. The smallest absolute Gasteiger partial charge is 0.193 e. The highest BCUT2D eigenvalue weighted by molar-refractivity contribution is 14.0. The second-order valence-corrected chi connectivity index (χ2v) is 9.10. The first-order chi connectivity index (χ1) is 13.7. The maximum atomic E-state index is 12.3. The molecular weight excluding hydrogens is 499 g/mol. The number of nitrogens with one attached hydrogen (secondary N) is 1. The molecule has 2 atom stereocenters. The molecule has 8 heteroatoms. The van der Waals surface area contributed by atoms with Crippen molar-refractivity contribution in [3.05, 3.63) is 35.9 Å². The van der Waals surface area contributed by atoms with E-state index in [2.05, 4.69) is 22.0 Å². The Morgan fingerprint density at radius 2 is 2.00 bits per heavy atom. The number of guanidine groups is 1. The standard InChI is InChI=1S/C21H34N4O2S.HI/c1-2-22-21(23-9-15-28(26)18-19-6-4-3-5-7-19)25-10-8-20(17-25)16-24-11-13-27-14-12-24;/h3-7,20H,2,8-18H2,1H3,(H,22,23);1H. The van der Waals surface area contributed by atoms with Crippen molar-refractivity contribution in [2.24, 2.45) is 10.9 Å². The van der Waals surface area contributed by atoms with Gasteiger partial charge in [0.2, 0.25) is 0 Å². The molecule has 3 rings (SSSR count). The van der Waals surface area contributed by atoms with Gasteiger partial charge >= 0.3 is 0 Å². The highest BCUT2D eigenvalue weighted by Gasteiger charge is 2.27. The number of hydrogen-bond donors (Lipinski definition) is 1. The largest absolute Gasteiger partial charge is 0.379 e. The maximum Gasteiger partial charge on any atom is 0.193 e. The van der Waals surface area contributed by atoms with E-state index in [0.29, 0.717) is 24.0 Å². The lowest BCUT2D eigenvalue weighted by Crippen LogP contribution is -2.42. The first-order valence-electron chi connectivity index (χ1n) is 10.5. The van der Waals surface area contributed by atoms with Crippen LogP contribution in [0.3, 0.4) is 0 Å². The van der Waals surface area contributed by atoms with E-state index in [1.807, 2.05) is 30.3 Å². The molecule has 2 unspecified atom stereocenters. The van der Waals surface area contributed by atoms with Gasteiger partial charge in [0.1, 0.15) is 0 Å². The monoisotopic (exact) mass is 534 g/mol. The highest BCUT2D eigenvalue weighted by atomic mass is 127. The van der Waals surface area contributed by atoms with E-state index in [1.54, 1.807) is 0 Å². The molecular formula is C21H35IN4O2S. The van der Waals surface area contributed by atoms with E-state index in [4.69, 9.17) is 9.73 Å². The normalized spacial score (nSPS) is 21.6. The summed E-state index contributed by atoms with van der Waals surface area (Å²) in [5, 5.41) is 3.42. The van der Waals surface area contributed by atoms with Crippen LogP contribution in [0.5, 0.6) is 0 Å². The van der Waals surface area contributed by atoms with E-state index in [9.17, 15) is 4.21 Å². The van der Waals surface area contributed by atoms with Gasteiger partial charge in [-0.05, 0) is 24.8 Å². The van der Waals surface area contributed by atoms with Crippen molar-refractivity contribution in [2.45, 2.75) is 19.1 Å². The average Bonchev–Trinajstić information content (AvgIpc) is 3.17. The van der Waals surface area contributed by atoms with Crippen LogP contribution >= 0.6 is 24.0 Å². The van der Waals surface area contributed by atoms with Crippen molar-refractivity contribution in [2.75, 3.05) is 64.8 Å². The Bertz CT molecular complexity index is 641. The molecule has 0 amide bonds. The molecule has 0 saturated carbocycles. The minimum Gasteiger partial charge on any atom is -0.379 e. The molecule has 2 fully saturated rings. The topological polar surface area (TPSA) is 57.2 Å². The molecule has 2 aliphatic rings. The number of nitrogens with zero attached hydrogens (tertiary/aromatic N) is 3. The van der Waals surface area contributed by atoms with Crippen LogP contribution in [0.2, 0.25) is 0 Å². The average molecular weight is 535 g/mol. The number of morpholine rings is 1. The lowest BCUT2D eigenvalue weighted by atomic mass is 10.1. The lowest BCUT2D eigenvalue weighted by Gasteiger charge is -2.29. The summed E-state index contributed by atoms with van der Waals surface area (Å²) in [4.78, 5) is 9.66. The molecule has 2 aliphatic heterocycles. The molecule has 1 aromatic rings. The van der Waals surface area contributed by atoms with Crippen molar-refractivity contribution in [3.63, 3.8) is 0 Å². The zero-order chi connectivity index (χ0) is 19.6. The van der Waals surface area contributed by atoms with Crippen LogP contribution < -0.4 is 5.32 Å². The highest BCUT2D eigenvalue weighted by Crippen LogP contribution is 2.18. The molecule has 2 saturated heterocycles. The van der Waals surface area contributed by atoms with E-state index < -0.39 is 10.8 Å². The summed E-state index contributed by atoms with van der Waals surface area (Å²) in [6.45, 7) is 10.6. The minimum absolute atomic E-state index is 0. The third kappa shape index (κ3) is 8.51. The van der Waals surface area contributed by atoms with Gasteiger partial charge < -0.3 is 15.0 Å². The second kappa shape index (κ2) is 13.6. The summed E-state index contributed by atoms with van der Waals surface area (Å²) in [6.07, 6.45) is 1.21. The molecule has 164 valence electrons. The predicted molar refractivity (Wildman–Crippen MR) is 131 cm³/mol. The van der Waals surface area contributed by atoms with Crippen LogP contribution in [0.4, 0.5) is 0 Å². The third-order valence-corrected chi connectivity index (χ3v) is 6.58. The summed E-state index contributed by atoms with van der Waals surface area (Å²) >= 11 is 0. The van der Waals surface area contributed by atoms with Crippen molar-refractivity contribution in [3.8, 4) is 0 Å². The Kier molecular flexibility index (Phi) is 11.5. The Balaban J connectivity index is 0.00000300. The minimum atomic E-state index is -0.877. The third-order valence-electron chi connectivity index (χ3n) is 5.29. The lowest BCUT2D eigenvalue weighted by molar-refractivity contribution is 0.0315. The van der Waals surface area contributed by atoms with E-state index in [1.165, 1.54) is 6.42 Å². The van der Waals surface area contributed by atoms with Crippen LogP contribution in [0.15, 0.2) is 35.3 Å². The van der Waals surface area contributed by atoms with Crippen molar-refractivity contribution in [1.82, 2.24) is 15.1 Å². The number of benzene rings is 1. The Morgan fingerprint density at radius 1 is 1.24 bits per heavy atom. The fraction of sp³-hybridized carbons (Fsp3) is 0.667. The van der Waals surface area contributed by atoms with Crippen LogP contribution in [0.25, 0.3) is 0 Å². The van der Waals surface area contributed by atoms with Gasteiger partial charge in [-0.15, -0.1) is 24.0 Å². The molecule has 1 aromatic carbocycles. The summed E-state index contributed by atoms with van der Waals surface area (Å²) in [5.74, 6) is 2.88.